The topological polar surface area (TPSA) is 68.2 Å². The van der Waals surface area contributed by atoms with Crippen molar-refractivity contribution in [2.24, 2.45) is 0 Å². The van der Waals surface area contributed by atoms with Crippen LogP contribution < -0.4 is 10.6 Å². The van der Waals surface area contributed by atoms with Gasteiger partial charge in [0.1, 0.15) is 6.61 Å². The van der Waals surface area contributed by atoms with E-state index in [-0.39, 0.29) is 18.6 Å². The van der Waals surface area contributed by atoms with Gasteiger partial charge in [-0.15, -0.1) is 0 Å². The van der Waals surface area contributed by atoms with E-state index in [1.165, 1.54) is 0 Å². The number of aromatic nitrogens is 2. The molecule has 2 aromatic rings. The van der Waals surface area contributed by atoms with Gasteiger partial charge in [0, 0.05) is 12.4 Å². The van der Waals surface area contributed by atoms with E-state index in [0.29, 0.717) is 0 Å². The molecule has 0 radical (unpaired) electrons. The van der Waals surface area contributed by atoms with Crippen LogP contribution in [0.1, 0.15) is 12.8 Å². The zero-order chi connectivity index (χ0) is 15.2. The van der Waals surface area contributed by atoms with Crippen molar-refractivity contribution in [3.05, 3.63) is 43.0 Å². The number of piperidine rings is 1. The number of carbonyl (C=O) groups excluding carboxylic acids is 1. The lowest BCUT2D eigenvalue weighted by Gasteiger charge is -2.22. The highest BCUT2D eigenvalue weighted by molar-refractivity contribution is 5.93. The third kappa shape index (κ3) is 3.72. The summed E-state index contributed by atoms with van der Waals surface area (Å²) in [7, 11) is 0. The molecule has 22 heavy (non-hydrogen) atoms. The minimum absolute atomic E-state index is 0.0862. The first-order valence-electron chi connectivity index (χ1n) is 7.52. The fraction of sp³-hybridized carbons (Fsp3) is 0.375. The average Bonchev–Trinajstić information content (AvgIpc) is 3.09. The number of rotatable bonds is 5. The van der Waals surface area contributed by atoms with E-state index >= 15 is 0 Å². The molecule has 1 aliphatic rings. The normalized spacial score (nSPS) is 15.6. The molecule has 0 spiro atoms. The monoisotopic (exact) mass is 300 g/mol. The molecule has 6 nitrogen and oxygen atoms in total. The molecule has 2 heterocycles. The molecular weight excluding hydrogens is 280 g/mol. The maximum absolute atomic E-state index is 12.1. The Kier molecular flexibility index (Phi) is 4.82. The number of ether oxygens (including phenoxy) is 1. The van der Waals surface area contributed by atoms with Crippen LogP contribution >= 0.6 is 0 Å². The first kappa shape index (κ1) is 14.7. The quantitative estimate of drug-likeness (QED) is 0.880. The maximum atomic E-state index is 12.1. The molecule has 2 N–H and O–H groups in total. The third-order valence-corrected chi connectivity index (χ3v) is 3.70. The van der Waals surface area contributed by atoms with E-state index in [1.54, 1.807) is 12.5 Å². The van der Waals surface area contributed by atoms with Gasteiger partial charge in [0.25, 0.3) is 0 Å². The number of amides is 1. The largest absolute Gasteiger partial charge is 0.368 e. The van der Waals surface area contributed by atoms with E-state index in [0.717, 1.165) is 37.3 Å². The number of benzene rings is 1. The molecule has 1 aromatic heterocycles. The fourth-order valence-corrected chi connectivity index (χ4v) is 2.55. The molecule has 6 heteroatoms. The number of hydrogen-bond donors (Lipinski definition) is 2. The molecule has 1 amide bonds. The first-order chi connectivity index (χ1) is 10.8. The van der Waals surface area contributed by atoms with Crippen molar-refractivity contribution in [1.29, 1.82) is 0 Å². The zero-order valence-corrected chi connectivity index (χ0v) is 12.4. The van der Waals surface area contributed by atoms with E-state index < -0.39 is 0 Å². The van der Waals surface area contributed by atoms with E-state index in [1.807, 2.05) is 35.0 Å². The van der Waals surface area contributed by atoms with Crippen molar-refractivity contribution >= 4 is 11.6 Å². The maximum Gasteiger partial charge on any atom is 0.250 e. The van der Waals surface area contributed by atoms with Crippen LogP contribution in [-0.4, -0.2) is 41.3 Å². The second-order valence-electron chi connectivity index (χ2n) is 5.30. The molecular formula is C16H20N4O2. The molecule has 1 aliphatic heterocycles. The van der Waals surface area contributed by atoms with Crippen LogP contribution in [0.15, 0.2) is 43.0 Å². The Bertz CT molecular complexity index is 606. The summed E-state index contributed by atoms with van der Waals surface area (Å²) in [5, 5.41) is 6.19. The highest BCUT2D eigenvalue weighted by Gasteiger charge is 2.15. The van der Waals surface area contributed by atoms with Crippen LogP contribution in [0, 0.1) is 0 Å². The SMILES string of the molecule is O=C(COC1CCNCC1)Nc1ccccc1-n1ccnc1. The van der Waals surface area contributed by atoms with Gasteiger partial charge < -0.3 is 19.9 Å². The Morgan fingerprint density at radius 1 is 1.36 bits per heavy atom. The van der Waals surface area contributed by atoms with Crippen LogP contribution in [0.3, 0.4) is 0 Å². The number of carbonyl (C=O) groups is 1. The number of imidazole rings is 1. The molecule has 116 valence electrons. The van der Waals surface area contributed by atoms with Gasteiger partial charge in [-0.1, -0.05) is 12.1 Å². The van der Waals surface area contributed by atoms with E-state index in [2.05, 4.69) is 15.6 Å². The Hall–Kier alpha value is -2.18. The standard InChI is InChI=1S/C16H20N4O2/c21-16(11-22-13-5-7-17-8-6-13)19-14-3-1-2-4-15(14)20-10-9-18-12-20/h1-4,9-10,12-13,17H,5-8,11H2,(H,19,21). The van der Waals surface area contributed by atoms with Gasteiger partial charge in [0.15, 0.2) is 0 Å². The smallest absolute Gasteiger partial charge is 0.250 e. The van der Waals surface area contributed by atoms with Crippen LogP contribution in [0.5, 0.6) is 0 Å². The Morgan fingerprint density at radius 2 is 2.18 bits per heavy atom. The lowest BCUT2D eigenvalue weighted by Crippen LogP contribution is -2.34. The number of hydrogen-bond acceptors (Lipinski definition) is 4. The number of nitrogens with one attached hydrogen (secondary N) is 2. The molecule has 1 fully saturated rings. The fourth-order valence-electron chi connectivity index (χ4n) is 2.55. The van der Waals surface area contributed by atoms with Gasteiger partial charge in [0.05, 0.1) is 23.8 Å². The van der Waals surface area contributed by atoms with Gasteiger partial charge in [-0.2, -0.15) is 0 Å². The number of anilines is 1. The molecule has 0 saturated carbocycles. The zero-order valence-electron chi connectivity index (χ0n) is 12.4. The summed E-state index contributed by atoms with van der Waals surface area (Å²) in [6, 6.07) is 7.63. The van der Waals surface area contributed by atoms with Crippen LogP contribution in [-0.2, 0) is 9.53 Å². The summed E-state index contributed by atoms with van der Waals surface area (Å²) in [4.78, 5) is 16.1. The molecule has 0 atom stereocenters. The molecule has 3 rings (SSSR count). The predicted octanol–water partition coefficient (Wildman–Crippen LogP) is 1.58. The lowest BCUT2D eigenvalue weighted by atomic mass is 10.1. The highest BCUT2D eigenvalue weighted by Crippen LogP contribution is 2.19. The third-order valence-electron chi connectivity index (χ3n) is 3.70. The summed E-state index contributed by atoms with van der Waals surface area (Å²) in [6.07, 6.45) is 7.35. The molecule has 1 saturated heterocycles. The van der Waals surface area contributed by atoms with Gasteiger partial charge in [0.2, 0.25) is 5.91 Å². The Balaban J connectivity index is 1.59. The summed E-state index contributed by atoms with van der Waals surface area (Å²) in [5.41, 5.74) is 1.63. The number of nitrogens with zero attached hydrogens (tertiary/aromatic N) is 2. The average molecular weight is 300 g/mol. The van der Waals surface area contributed by atoms with Gasteiger partial charge in [-0.3, -0.25) is 4.79 Å². The van der Waals surface area contributed by atoms with Crippen molar-refractivity contribution in [3.8, 4) is 5.69 Å². The highest BCUT2D eigenvalue weighted by atomic mass is 16.5. The summed E-state index contributed by atoms with van der Waals surface area (Å²) in [6.45, 7) is 1.99. The van der Waals surface area contributed by atoms with Gasteiger partial charge in [-0.05, 0) is 38.1 Å². The predicted molar refractivity (Wildman–Crippen MR) is 84.0 cm³/mol. The van der Waals surface area contributed by atoms with Crippen molar-refractivity contribution in [2.45, 2.75) is 18.9 Å². The minimum Gasteiger partial charge on any atom is -0.368 e. The number of para-hydroxylation sites is 2. The van der Waals surface area contributed by atoms with Gasteiger partial charge in [-0.25, -0.2) is 4.98 Å². The van der Waals surface area contributed by atoms with Crippen molar-refractivity contribution < 1.29 is 9.53 Å². The second-order valence-corrected chi connectivity index (χ2v) is 5.30. The second kappa shape index (κ2) is 7.20. The van der Waals surface area contributed by atoms with Crippen molar-refractivity contribution in [1.82, 2.24) is 14.9 Å². The molecule has 0 unspecified atom stereocenters. The summed E-state index contributed by atoms with van der Waals surface area (Å²) in [5.74, 6) is -0.133. The van der Waals surface area contributed by atoms with Crippen molar-refractivity contribution in [2.75, 3.05) is 25.0 Å². The van der Waals surface area contributed by atoms with E-state index in [9.17, 15) is 4.79 Å². The molecule has 0 bridgehead atoms. The van der Waals surface area contributed by atoms with Crippen LogP contribution in [0.2, 0.25) is 0 Å². The van der Waals surface area contributed by atoms with Gasteiger partial charge >= 0.3 is 0 Å². The Labute approximate surface area is 129 Å². The van der Waals surface area contributed by atoms with Crippen LogP contribution in [0.25, 0.3) is 5.69 Å². The minimum atomic E-state index is -0.133. The first-order valence-corrected chi connectivity index (χ1v) is 7.52. The molecule has 0 aliphatic carbocycles. The summed E-state index contributed by atoms with van der Waals surface area (Å²) < 4.78 is 7.54. The van der Waals surface area contributed by atoms with Crippen molar-refractivity contribution in [3.63, 3.8) is 0 Å². The summed E-state index contributed by atoms with van der Waals surface area (Å²) >= 11 is 0. The lowest BCUT2D eigenvalue weighted by molar-refractivity contribution is -0.123. The van der Waals surface area contributed by atoms with Crippen LogP contribution in [0.4, 0.5) is 5.69 Å². The molecule has 1 aromatic carbocycles. The van der Waals surface area contributed by atoms with E-state index in [4.69, 9.17) is 4.74 Å². The Morgan fingerprint density at radius 3 is 2.95 bits per heavy atom.